The second kappa shape index (κ2) is 6.30. The molecule has 1 aromatic carbocycles. The summed E-state index contributed by atoms with van der Waals surface area (Å²) in [7, 11) is 0. The molecule has 3 N–H and O–H groups in total. The van der Waals surface area contributed by atoms with E-state index in [1.807, 2.05) is 12.1 Å². The molecule has 1 atom stereocenters. The van der Waals surface area contributed by atoms with E-state index in [-0.39, 0.29) is 11.5 Å². The summed E-state index contributed by atoms with van der Waals surface area (Å²) in [5.74, 6) is 5.75. The van der Waals surface area contributed by atoms with Crippen LogP contribution in [0.5, 0.6) is 0 Å². The predicted octanol–water partition coefficient (Wildman–Crippen LogP) is 3.35. The predicted molar refractivity (Wildman–Crippen MR) is 86.5 cm³/mol. The first-order valence-electron chi connectivity index (χ1n) is 6.45. The zero-order valence-corrected chi connectivity index (χ0v) is 14.3. The Morgan fingerprint density at radius 3 is 2.75 bits per heavy atom. The lowest BCUT2D eigenvalue weighted by molar-refractivity contribution is 0.515. The Morgan fingerprint density at radius 2 is 2.15 bits per heavy atom. The molecule has 4 nitrogen and oxygen atoms in total. The SMILES string of the molecule is CC(C)(C)c1nnsc1C(Cc1cccc(Br)c1)NN. The molecular formula is C14H19BrN4S. The van der Waals surface area contributed by atoms with Gasteiger partial charge in [0.1, 0.15) is 0 Å². The molecule has 6 heteroatoms. The van der Waals surface area contributed by atoms with Gasteiger partial charge in [-0.15, -0.1) is 5.10 Å². The topological polar surface area (TPSA) is 63.8 Å². The van der Waals surface area contributed by atoms with Crippen molar-refractivity contribution in [2.45, 2.75) is 38.6 Å². The van der Waals surface area contributed by atoms with Crippen LogP contribution in [-0.4, -0.2) is 9.59 Å². The maximum Gasteiger partial charge on any atom is 0.0857 e. The highest BCUT2D eigenvalue weighted by Gasteiger charge is 2.26. The number of aromatic nitrogens is 2. The largest absolute Gasteiger partial charge is 0.271 e. The zero-order valence-electron chi connectivity index (χ0n) is 11.9. The van der Waals surface area contributed by atoms with Gasteiger partial charge in [-0.3, -0.25) is 11.3 Å². The summed E-state index contributed by atoms with van der Waals surface area (Å²) in [6, 6.07) is 8.28. The molecule has 0 aliphatic rings. The van der Waals surface area contributed by atoms with Crippen LogP contribution in [0.2, 0.25) is 0 Å². The van der Waals surface area contributed by atoms with Crippen molar-refractivity contribution in [3.05, 3.63) is 44.9 Å². The summed E-state index contributed by atoms with van der Waals surface area (Å²) in [5.41, 5.74) is 5.10. The van der Waals surface area contributed by atoms with Crippen molar-refractivity contribution in [3.63, 3.8) is 0 Å². The van der Waals surface area contributed by atoms with Crippen LogP contribution >= 0.6 is 27.5 Å². The summed E-state index contributed by atoms with van der Waals surface area (Å²) in [6.45, 7) is 6.42. The van der Waals surface area contributed by atoms with Gasteiger partial charge in [0.2, 0.25) is 0 Å². The van der Waals surface area contributed by atoms with E-state index in [2.05, 4.69) is 63.8 Å². The van der Waals surface area contributed by atoms with Gasteiger partial charge in [0, 0.05) is 9.89 Å². The molecule has 0 fully saturated rings. The van der Waals surface area contributed by atoms with Crippen LogP contribution in [0.1, 0.15) is 42.9 Å². The number of nitrogens with zero attached hydrogens (tertiary/aromatic N) is 2. The Morgan fingerprint density at radius 1 is 1.40 bits per heavy atom. The second-order valence-corrected chi connectivity index (χ2v) is 7.49. The molecule has 0 aliphatic carbocycles. The number of hydrazine groups is 1. The minimum absolute atomic E-state index is 0.0264. The molecule has 0 bridgehead atoms. The summed E-state index contributed by atoms with van der Waals surface area (Å²) in [5, 5.41) is 4.28. The van der Waals surface area contributed by atoms with Crippen molar-refractivity contribution in [1.29, 1.82) is 0 Å². The van der Waals surface area contributed by atoms with E-state index < -0.39 is 0 Å². The summed E-state index contributed by atoms with van der Waals surface area (Å²) in [6.07, 6.45) is 0.808. The van der Waals surface area contributed by atoms with Crippen LogP contribution < -0.4 is 11.3 Å². The van der Waals surface area contributed by atoms with Crippen LogP contribution in [-0.2, 0) is 11.8 Å². The third-order valence-corrected chi connectivity index (χ3v) is 4.40. The number of hydrogen-bond donors (Lipinski definition) is 2. The molecule has 0 saturated carbocycles. The molecule has 20 heavy (non-hydrogen) atoms. The summed E-state index contributed by atoms with van der Waals surface area (Å²) < 4.78 is 5.18. The van der Waals surface area contributed by atoms with Gasteiger partial charge in [-0.1, -0.05) is 53.3 Å². The summed E-state index contributed by atoms with van der Waals surface area (Å²) >= 11 is 4.91. The van der Waals surface area contributed by atoms with Crippen molar-refractivity contribution in [3.8, 4) is 0 Å². The molecule has 0 spiro atoms. The average Bonchev–Trinajstić information content (AvgIpc) is 2.85. The number of nitrogens with two attached hydrogens (primary N) is 1. The van der Waals surface area contributed by atoms with Crippen LogP contribution in [0.3, 0.4) is 0 Å². The number of hydrogen-bond acceptors (Lipinski definition) is 5. The fourth-order valence-corrected chi connectivity index (χ4v) is 3.44. The Labute approximate surface area is 132 Å². The van der Waals surface area contributed by atoms with Gasteiger partial charge in [0.25, 0.3) is 0 Å². The first-order valence-corrected chi connectivity index (χ1v) is 8.01. The Hall–Kier alpha value is -0.820. The van der Waals surface area contributed by atoms with E-state index in [0.29, 0.717) is 0 Å². The highest BCUT2D eigenvalue weighted by atomic mass is 79.9. The normalized spacial score (nSPS) is 13.4. The van der Waals surface area contributed by atoms with Crippen LogP contribution in [0.4, 0.5) is 0 Å². The van der Waals surface area contributed by atoms with Crippen molar-refractivity contribution in [2.24, 2.45) is 5.84 Å². The van der Waals surface area contributed by atoms with Crippen molar-refractivity contribution in [1.82, 2.24) is 15.0 Å². The van der Waals surface area contributed by atoms with Gasteiger partial charge in [-0.05, 0) is 35.6 Å². The zero-order chi connectivity index (χ0) is 14.8. The number of halogens is 1. The number of nitrogens with one attached hydrogen (secondary N) is 1. The highest BCUT2D eigenvalue weighted by Crippen LogP contribution is 2.31. The van der Waals surface area contributed by atoms with E-state index in [0.717, 1.165) is 21.5 Å². The quantitative estimate of drug-likeness (QED) is 0.652. The van der Waals surface area contributed by atoms with E-state index >= 15 is 0 Å². The fourth-order valence-electron chi connectivity index (χ4n) is 2.07. The average molecular weight is 355 g/mol. The van der Waals surface area contributed by atoms with E-state index in [4.69, 9.17) is 5.84 Å². The minimum atomic E-state index is -0.0330. The van der Waals surface area contributed by atoms with E-state index in [1.54, 1.807) is 0 Å². The first-order chi connectivity index (χ1) is 9.41. The van der Waals surface area contributed by atoms with Crippen LogP contribution in [0, 0.1) is 0 Å². The van der Waals surface area contributed by atoms with Gasteiger partial charge >= 0.3 is 0 Å². The molecule has 0 radical (unpaired) electrons. The molecule has 0 saturated heterocycles. The molecule has 1 aromatic heterocycles. The third-order valence-electron chi connectivity index (χ3n) is 3.07. The van der Waals surface area contributed by atoms with Crippen molar-refractivity contribution >= 4 is 27.5 Å². The van der Waals surface area contributed by atoms with Crippen molar-refractivity contribution in [2.75, 3.05) is 0 Å². The Kier molecular flexibility index (Phi) is 4.90. The maximum atomic E-state index is 5.75. The van der Waals surface area contributed by atoms with Gasteiger partial charge in [0.05, 0.1) is 16.6 Å². The van der Waals surface area contributed by atoms with E-state index in [1.165, 1.54) is 17.1 Å². The summed E-state index contributed by atoms with van der Waals surface area (Å²) in [4.78, 5) is 1.11. The highest BCUT2D eigenvalue weighted by molar-refractivity contribution is 9.10. The molecule has 1 heterocycles. The number of rotatable bonds is 4. The Balaban J connectivity index is 2.27. The molecule has 0 aliphatic heterocycles. The molecule has 2 aromatic rings. The lowest BCUT2D eigenvalue weighted by Crippen LogP contribution is -2.31. The maximum absolute atomic E-state index is 5.75. The monoisotopic (exact) mass is 354 g/mol. The third kappa shape index (κ3) is 3.63. The molecule has 108 valence electrons. The fraction of sp³-hybridized carbons (Fsp3) is 0.429. The molecular weight excluding hydrogens is 336 g/mol. The standard InChI is InChI=1S/C14H19BrN4S/c1-14(2,3)13-12(20-19-18-13)11(17-16)8-9-5-4-6-10(15)7-9/h4-7,11,17H,8,16H2,1-3H3. The lowest BCUT2D eigenvalue weighted by Gasteiger charge is -2.21. The van der Waals surface area contributed by atoms with Gasteiger partial charge in [-0.25, -0.2) is 0 Å². The lowest BCUT2D eigenvalue weighted by atomic mass is 9.89. The minimum Gasteiger partial charge on any atom is -0.271 e. The Bertz CT molecular complexity index is 577. The van der Waals surface area contributed by atoms with E-state index in [9.17, 15) is 0 Å². The van der Waals surface area contributed by atoms with Crippen LogP contribution in [0.15, 0.2) is 28.7 Å². The smallest absolute Gasteiger partial charge is 0.0857 e. The van der Waals surface area contributed by atoms with Crippen molar-refractivity contribution < 1.29 is 0 Å². The van der Waals surface area contributed by atoms with Gasteiger partial charge in [0.15, 0.2) is 0 Å². The van der Waals surface area contributed by atoms with Crippen LogP contribution in [0.25, 0.3) is 0 Å². The molecule has 1 unspecified atom stereocenters. The molecule has 0 amide bonds. The van der Waals surface area contributed by atoms with Gasteiger partial charge in [-0.2, -0.15) is 0 Å². The number of benzene rings is 1. The first kappa shape index (κ1) is 15.6. The molecule has 2 rings (SSSR count). The second-order valence-electron chi connectivity index (χ2n) is 5.79. The van der Waals surface area contributed by atoms with Gasteiger partial charge < -0.3 is 0 Å².